The van der Waals surface area contributed by atoms with E-state index in [-0.39, 0.29) is 0 Å². The monoisotopic (exact) mass is 344 g/mol. The van der Waals surface area contributed by atoms with Crippen LogP contribution in [-0.2, 0) is 6.54 Å². The van der Waals surface area contributed by atoms with Crippen LogP contribution in [0.3, 0.4) is 0 Å². The quantitative estimate of drug-likeness (QED) is 0.562. The summed E-state index contributed by atoms with van der Waals surface area (Å²) in [7, 11) is 0. The number of nitrogens with zero attached hydrogens (tertiary/aromatic N) is 2. The molecule has 5 nitrogen and oxygen atoms in total. The van der Waals surface area contributed by atoms with Crippen LogP contribution in [0.4, 0.5) is 0 Å². The van der Waals surface area contributed by atoms with E-state index in [0.717, 1.165) is 42.3 Å². The molecule has 3 rings (SSSR count). The van der Waals surface area contributed by atoms with E-state index in [4.69, 9.17) is 9.73 Å². The number of hydrogen-bond donors (Lipinski definition) is 2. The molecule has 0 bridgehead atoms. The van der Waals surface area contributed by atoms with Gasteiger partial charge in [-0.25, -0.2) is 4.99 Å². The van der Waals surface area contributed by atoms with E-state index in [1.165, 1.54) is 32.4 Å². The van der Waals surface area contributed by atoms with Crippen LogP contribution < -0.4 is 15.4 Å². The number of hydrogen-bond acceptors (Lipinski definition) is 3. The van der Waals surface area contributed by atoms with E-state index in [1.54, 1.807) is 0 Å². The minimum absolute atomic E-state index is 0.629. The van der Waals surface area contributed by atoms with Crippen molar-refractivity contribution in [1.82, 2.24) is 15.5 Å². The van der Waals surface area contributed by atoms with Crippen LogP contribution >= 0.6 is 0 Å². The summed E-state index contributed by atoms with van der Waals surface area (Å²) in [5.74, 6) is 2.57. The summed E-state index contributed by atoms with van der Waals surface area (Å²) in [6, 6.07) is 9.04. The molecule has 0 amide bonds. The van der Waals surface area contributed by atoms with Gasteiger partial charge in [-0.15, -0.1) is 0 Å². The third-order valence-corrected chi connectivity index (χ3v) is 4.96. The maximum Gasteiger partial charge on any atom is 0.191 e. The molecule has 1 saturated heterocycles. The second-order valence-corrected chi connectivity index (χ2v) is 7.00. The molecule has 1 heterocycles. The first-order valence-corrected chi connectivity index (χ1v) is 9.77. The lowest BCUT2D eigenvalue weighted by molar-refractivity contribution is 0.314. The number of para-hydroxylation sites is 1. The normalized spacial score (nSPS) is 21.4. The molecule has 0 spiro atoms. The van der Waals surface area contributed by atoms with Crippen LogP contribution in [0.5, 0.6) is 5.75 Å². The number of benzene rings is 1. The average molecular weight is 345 g/mol. The maximum absolute atomic E-state index is 5.70. The lowest BCUT2D eigenvalue weighted by Crippen LogP contribution is -2.40. The Morgan fingerprint density at radius 3 is 2.80 bits per heavy atom. The molecule has 1 saturated carbocycles. The van der Waals surface area contributed by atoms with Gasteiger partial charge in [0, 0.05) is 31.2 Å². The largest absolute Gasteiger partial charge is 0.494 e. The molecule has 2 N–H and O–H groups in total. The molecule has 1 aliphatic carbocycles. The van der Waals surface area contributed by atoms with Gasteiger partial charge in [0.05, 0.1) is 13.2 Å². The molecule has 0 radical (unpaired) electrons. The van der Waals surface area contributed by atoms with Crippen molar-refractivity contribution in [3.8, 4) is 5.75 Å². The Labute approximate surface area is 151 Å². The van der Waals surface area contributed by atoms with E-state index in [0.29, 0.717) is 13.2 Å². The zero-order chi connectivity index (χ0) is 17.5. The molecule has 138 valence electrons. The summed E-state index contributed by atoms with van der Waals surface area (Å²) in [5, 5.41) is 6.89. The highest BCUT2D eigenvalue weighted by Gasteiger charge is 2.34. The Balaban J connectivity index is 1.52. The summed E-state index contributed by atoms with van der Waals surface area (Å²) in [5.41, 5.74) is 1.13. The molecule has 1 aromatic carbocycles. The van der Waals surface area contributed by atoms with Crippen LogP contribution in [0.1, 0.15) is 38.7 Å². The topological polar surface area (TPSA) is 48.9 Å². The standard InChI is InChI=1S/C20H32N4O/c1-3-21-20(22-13-16-11-12-24(15-16)18-9-10-18)23-14-17-7-5-6-8-19(17)25-4-2/h5-8,16,18H,3-4,9-15H2,1-2H3,(H2,21,22,23). The number of rotatable bonds is 8. The number of guanidine groups is 1. The van der Waals surface area contributed by atoms with E-state index < -0.39 is 0 Å². The highest BCUT2D eigenvalue weighted by atomic mass is 16.5. The average Bonchev–Trinajstić information content (AvgIpc) is 3.37. The minimum Gasteiger partial charge on any atom is -0.494 e. The molecule has 2 fully saturated rings. The van der Waals surface area contributed by atoms with Crippen molar-refractivity contribution in [3.63, 3.8) is 0 Å². The number of nitrogens with one attached hydrogen (secondary N) is 2. The summed E-state index contributed by atoms with van der Waals surface area (Å²) >= 11 is 0. The first-order chi connectivity index (χ1) is 12.3. The fraction of sp³-hybridized carbons (Fsp3) is 0.650. The van der Waals surface area contributed by atoms with Crippen LogP contribution in [0.2, 0.25) is 0 Å². The first kappa shape index (κ1) is 18.1. The van der Waals surface area contributed by atoms with Crippen LogP contribution in [0.25, 0.3) is 0 Å². The van der Waals surface area contributed by atoms with Gasteiger partial charge in [-0.05, 0) is 51.6 Å². The molecular weight excluding hydrogens is 312 g/mol. The van der Waals surface area contributed by atoms with Gasteiger partial charge in [-0.1, -0.05) is 18.2 Å². The van der Waals surface area contributed by atoms with Gasteiger partial charge in [0.1, 0.15) is 5.75 Å². The summed E-state index contributed by atoms with van der Waals surface area (Å²) in [6.07, 6.45) is 4.11. The lowest BCUT2D eigenvalue weighted by atomic mass is 10.1. The second kappa shape index (κ2) is 9.09. The summed E-state index contributed by atoms with van der Waals surface area (Å²) < 4.78 is 5.70. The fourth-order valence-electron chi connectivity index (χ4n) is 3.48. The van der Waals surface area contributed by atoms with Gasteiger partial charge < -0.3 is 20.3 Å². The first-order valence-electron chi connectivity index (χ1n) is 9.77. The Hall–Kier alpha value is -1.75. The Kier molecular flexibility index (Phi) is 6.56. The van der Waals surface area contributed by atoms with Crippen molar-refractivity contribution in [2.24, 2.45) is 10.9 Å². The Bertz CT molecular complexity index is 571. The van der Waals surface area contributed by atoms with Crippen molar-refractivity contribution < 1.29 is 4.74 Å². The highest BCUT2D eigenvalue weighted by Crippen LogP contribution is 2.31. The molecule has 1 aliphatic heterocycles. The lowest BCUT2D eigenvalue weighted by Gasteiger charge is -2.17. The maximum atomic E-state index is 5.70. The van der Waals surface area contributed by atoms with Crippen molar-refractivity contribution >= 4 is 5.96 Å². The van der Waals surface area contributed by atoms with Crippen molar-refractivity contribution in [2.45, 2.75) is 45.7 Å². The van der Waals surface area contributed by atoms with Crippen molar-refractivity contribution in [3.05, 3.63) is 29.8 Å². The molecular formula is C20H32N4O. The smallest absolute Gasteiger partial charge is 0.191 e. The van der Waals surface area contributed by atoms with Crippen LogP contribution in [0.15, 0.2) is 29.3 Å². The summed E-state index contributed by atoms with van der Waals surface area (Å²) in [6.45, 7) is 9.81. The minimum atomic E-state index is 0.629. The van der Waals surface area contributed by atoms with Gasteiger partial charge in [-0.3, -0.25) is 0 Å². The molecule has 0 aromatic heterocycles. The molecule has 1 aromatic rings. The van der Waals surface area contributed by atoms with Crippen molar-refractivity contribution in [1.29, 1.82) is 0 Å². The second-order valence-electron chi connectivity index (χ2n) is 7.00. The molecule has 2 aliphatic rings. The van der Waals surface area contributed by atoms with Gasteiger partial charge in [0.25, 0.3) is 0 Å². The third-order valence-electron chi connectivity index (χ3n) is 4.96. The molecule has 1 atom stereocenters. The summed E-state index contributed by atoms with van der Waals surface area (Å²) in [4.78, 5) is 7.42. The Morgan fingerprint density at radius 2 is 2.04 bits per heavy atom. The van der Waals surface area contributed by atoms with Gasteiger partial charge in [-0.2, -0.15) is 0 Å². The molecule has 1 unspecified atom stereocenters. The van der Waals surface area contributed by atoms with Crippen molar-refractivity contribution in [2.75, 3.05) is 32.8 Å². The SMILES string of the molecule is CCNC(=NCc1ccccc1OCC)NCC1CCN(C2CC2)C1. The fourth-order valence-corrected chi connectivity index (χ4v) is 3.48. The number of ether oxygens (including phenoxy) is 1. The van der Waals surface area contributed by atoms with E-state index >= 15 is 0 Å². The zero-order valence-electron chi connectivity index (χ0n) is 15.6. The van der Waals surface area contributed by atoms with E-state index in [1.807, 2.05) is 25.1 Å². The highest BCUT2D eigenvalue weighted by molar-refractivity contribution is 5.79. The number of likely N-dealkylation sites (tertiary alicyclic amines) is 1. The Morgan fingerprint density at radius 1 is 1.20 bits per heavy atom. The van der Waals surface area contributed by atoms with Gasteiger partial charge in [0.15, 0.2) is 5.96 Å². The third kappa shape index (κ3) is 5.36. The predicted octanol–water partition coefficient (Wildman–Crippen LogP) is 2.62. The predicted molar refractivity (Wildman–Crippen MR) is 103 cm³/mol. The van der Waals surface area contributed by atoms with E-state index in [9.17, 15) is 0 Å². The number of aliphatic imine (C=N–C) groups is 1. The molecule has 5 heteroatoms. The van der Waals surface area contributed by atoms with E-state index in [2.05, 4.69) is 28.5 Å². The van der Waals surface area contributed by atoms with Gasteiger partial charge >= 0.3 is 0 Å². The van der Waals surface area contributed by atoms with Gasteiger partial charge in [0.2, 0.25) is 0 Å². The van der Waals surface area contributed by atoms with Crippen LogP contribution in [-0.4, -0.2) is 49.7 Å². The van der Waals surface area contributed by atoms with Crippen LogP contribution in [0, 0.1) is 5.92 Å². The zero-order valence-corrected chi connectivity index (χ0v) is 15.6. The molecule has 25 heavy (non-hydrogen) atoms.